The van der Waals surface area contributed by atoms with Gasteiger partial charge in [0.15, 0.2) is 0 Å². The van der Waals surface area contributed by atoms with Gasteiger partial charge in [0.05, 0.1) is 4.90 Å². The van der Waals surface area contributed by atoms with Gasteiger partial charge in [0.1, 0.15) is 0 Å². The number of hydrogen-bond acceptors (Lipinski definition) is 4. The van der Waals surface area contributed by atoms with Crippen molar-refractivity contribution in [3.8, 4) is 0 Å². The summed E-state index contributed by atoms with van der Waals surface area (Å²) in [5, 5.41) is 10.8. The molecule has 0 aromatic heterocycles. The normalized spacial score (nSPS) is 19.4. The molecule has 94 valence electrons. The smallest absolute Gasteiger partial charge is 0.243 e. The third-order valence-electron chi connectivity index (χ3n) is 2.67. The predicted molar refractivity (Wildman–Crippen MR) is 63.6 cm³/mol. The molecule has 1 heterocycles. The van der Waals surface area contributed by atoms with E-state index in [1.54, 1.807) is 12.1 Å². The fourth-order valence-electron chi connectivity index (χ4n) is 1.67. The highest BCUT2D eigenvalue weighted by Crippen LogP contribution is 2.19. The quantitative estimate of drug-likeness (QED) is 0.877. The lowest BCUT2D eigenvalue weighted by Gasteiger charge is -2.30. The van der Waals surface area contributed by atoms with Gasteiger partial charge in [0.2, 0.25) is 10.0 Å². The van der Waals surface area contributed by atoms with Gasteiger partial charge in [-0.05, 0) is 24.3 Å². The van der Waals surface area contributed by atoms with Gasteiger partial charge < -0.3 is 5.21 Å². The van der Waals surface area contributed by atoms with Crippen LogP contribution >= 0.6 is 11.6 Å². The van der Waals surface area contributed by atoms with E-state index in [1.807, 2.05) is 0 Å². The van der Waals surface area contributed by atoms with Crippen LogP contribution in [0.5, 0.6) is 0 Å². The standard InChI is InChI=1S/C10H13ClN2O3S/c11-9-1-3-10(4-2-9)17(15,16)13-7-5-12(14)6-8-13/h1-4,14H,5-8H2. The van der Waals surface area contributed by atoms with E-state index >= 15 is 0 Å². The minimum atomic E-state index is -3.47. The Morgan fingerprint density at radius 2 is 1.59 bits per heavy atom. The number of nitrogens with zero attached hydrogens (tertiary/aromatic N) is 2. The Kier molecular flexibility index (Phi) is 3.70. The second kappa shape index (κ2) is 4.91. The van der Waals surface area contributed by atoms with Crippen LogP contribution in [0.2, 0.25) is 5.02 Å². The summed E-state index contributed by atoms with van der Waals surface area (Å²) in [6, 6.07) is 6.08. The summed E-state index contributed by atoms with van der Waals surface area (Å²) in [5.74, 6) is 0. The summed E-state index contributed by atoms with van der Waals surface area (Å²) in [4.78, 5) is 0.230. The van der Waals surface area contributed by atoms with E-state index in [0.717, 1.165) is 5.06 Å². The molecular weight excluding hydrogens is 264 g/mol. The van der Waals surface area contributed by atoms with Crippen LogP contribution in [-0.2, 0) is 10.0 Å². The molecule has 0 amide bonds. The first-order valence-corrected chi connectivity index (χ1v) is 7.01. The van der Waals surface area contributed by atoms with Crippen LogP contribution in [0.1, 0.15) is 0 Å². The Morgan fingerprint density at radius 3 is 2.12 bits per heavy atom. The Hall–Kier alpha value is -0.660. The minimum Gasteiger partial charge on any atom is -0.314 e. The zero-order valence-corrected chi connectivity index (χ0v) is 10.7. The first-order chi connectivity index (χ1) is 8.00. The number of hydroxylamine groups is 2. The molecule has 5 nitrogen and oxygen atoms in total. The number of halogens is 1. The predicted octanol–water partition coefficient (Wildman–Crippen LogP) is 1.04. The van der Waals surface area contributed by atoms with E-state index in [4.69, 9.17) is 11.6 Å². The van der Waals surface area contributed by atoms with Crippen molar-refractivity contribution in [2.24, 2.45) is 0 Å². The van der Waals surface area contributed by atoms with E-state index in [-0.39, 0.29) is 4.90 Å². The van der Waals surface area contributed by atoms with Crippen LogP contribution in [-0.4, -0.2) is 49.2 Å². The van der Waals surface area contributed by atoms with E-state index in [1.165, 1.54) is 16.4 Å². The highest BCUT2D eigenvalue weighted by Gasteiger charge is 2.27. The monoisotopic (exact) mass is 276 g/mol. The average Bonchev–Trinajstić information content (AvgIpc) is 2.30. The van der Waals surface area contributed by atoms with Crippen LogP contribution in [0.4, 0.5) is 0 Å². The zero-order chi connectivity index (χ0) is 12.5. The van der Waals surface area contributed by atoms with Gasteiger partial charge >= 0.3 is 0 Å². The van der Waals surface area contributed by atoms with Crippen molar-refractivity contribution in [3.05, 3.63) is 29.3 Å². The lowest BCUT2D eigenvalue weighted by Crippen LogP contribution is -2.47. The molecule has 7 heteroatoms. The van der Waals surface area contributed by atoms with Gasteiger partial charge in [-0.3, -0.25) is 0 Å². The van der Waals surface area contributed by atoms with Gasteiger partial charge in [0.25, 0.3) is 0 Å². The topological polar surface area (TPSA) is 60.9 Å². The lowest BCUT2D eigenvalue weighted by atomic mass is 10.4. The van der Waals surface area contributed by atoms with Crippen molar-refractivity contribution >= 4 is 21.6 Å². The summed E-state index contributed by atoms with van der Waals surface area (Å²) in [5.41, 5.74) is 0. The molecule has 0 aliphatic carbocycles. The molecule has 1 saturated heterocycles. The molecule has 2 rings (SSSR count). The SMILES string of the molecule is O=S(=O)(c1ccc(Cl)cc1)N1CCN(O)CC1. The first-order valence-electron chi connectivity index (χ1n) is 5.20. The van der Waals surface area contributed by atoms with E-state index < -0.39 is 10.0 Å². The van der Waals surface area contributed by atoms with Crippen LogP contribution in [0.15, 0.2) is 29.2 Å². The van der Waals surface area contributed by atoms with Crippen molar-refractivity contribution in [3.63, 3.8) is 0 Å². The van der Waals surface area contributed by atoms with Gasteiger partial charge in [0, 0.05) is 31.2 Å². The van der Waals surface area contributed by atoms with Crippen molar-refractivity contribution in [1.82, 2.24) is 9.37 Å². The Morgan fingerprint density at radius 1 is 1.06 bits per heavy atom. The van der Waals surface area contributed by atoms with Crippen LogP contribution < -0.4 is 0 Å². The Labute approximate surface area is 105 Å². The highest BCUT2D eigenvalue weighted by atomic mass is 35.5. The summed E-state index contributed by atoms with van der Waals surface area (Å²) >= 11 is 5.72. The van der Waals surface area contributed by atoms with Crippen molar-refractivity contribution in [1.29, 1.82) is 0 Å². The second-order valence-electron chi connectivity index (χ2n) is 3.81. The zero-order valence-electron chi connectivity index (χ0n) is 9.08. The third kappa shape index (κ3) is 2.78. The molecule has 1 N–H and O–H groups in total. The molecule has 1 aromatic carbocycles. The Bertz CT molecular complexity index is 481. The largest absolute Gasteiger partial charge is 0.314 e. The molecular formula is C10H13ClN2O3S. The van der Waals surface area contributed by atoms with E-state index in [2.05, 4.69) is 0 Å². The molecule has 17 heavy (non-hydrogen) atoms. The second-order valence-corrected chi connectivity index (χ2v) is 6.19. The highest BCUT2D eigenvalue weighted by molar-refractivity contribution is 7.89. The van der Waals surface area contributed by atoms with Crippen molar-refractivity contribution < 1.29 is 13.6 Å². The molecule has 1 aliphatic rings. The molecule has 0 bridgehead atoms. The number of rotatable bonds is 2. The number of hydrogen-bond donors (Lipinski definition) is 1. The van der Waals surface area contributed by atoms with Crippen LogP contribution in [0.3, 0.4) is 0 Å². The Balaban J connectivity index is 2.21. The molecule has 0 unspecified atom stereocenters. The molecule has 0 atom stereocenters. The molecule has 1 fully saturated rings. The molecule has 1 aliphatic heterocycles. The minimum absolute atomic E-state index is 0.230. The van der Waals surface area contributed by atoms with Gasteiger partial charge in [-0.25, -0.2) is 8.42 Å². The molecule has 0 saturated carbocycles. The van der Waals surface area contributed by atoms with E-state index in [9.17, 15) is 13.6 Å². The van der Waals surface area contributed by atoms with E-state index in [0.29, 0.717) is 31.2 Å². The maximum atomic E-state index is 12.2. The third-order valence-corrected chi connectivity index (χ3v) is 4.83. The summed E-state index contributed by atoms with van der Waals surface area (Å²) in [6.45, 7) is 1.24. The fourth-order valence-corrected chi connectivity index (χ4v) is 3.22. The van der Waals surface area contributed by atoms with Gasteiger partial charge in [-0.2, -0.15) is 9.37 Å². The van der Waals surface area contributed by atoms with Crippen molar-refractivity contribution in [2.45, 2.75) is 4.90 Å². The number of sulfonamides is 1. The maximum Gasteiger partial charge on any atom is 0.243 e. The van der Waals surface area contributed by atoms with Crippen LogP contribution in [0.25, 0.3) is 0 Å². The fraction of sp³-hybridized carbons (Fsp3) is 0.400. The van der Waals surface area contributed by atoms with Crippen LogP contribution in [0, 0.1) is 0 Å². The lowest BCUT2D eigenvalue weighted by molar-refractivity contribution is -0.108. The summed E-state index contributed by atoms with van der Waals surface area (Å²) in [6.07, 6.45) is 0. The summed E-state index contributed by atoms with van der Waals surface area (Å²) in [7, 11) is -3.47. The average molecular weight is 277 g/mol. The molecule has 1 aromatic rings. The van der Waals surface area contributed by atoms with Crippen molar-refractivity contribution in [2.75, 3.05) is 26.2 Å². The summed E-state index contributed by atoms with van der Waals surface area (Å²) < 4.78 is 25.7. The maximum absolute atomic E-state index is 12.2. The molecule has 0 radical (unpaired) electrons. The number of piperazine rings is 1. The van der Waals surface area contributed by atoms with Gasteiger partial charge in [-0.1, -0.05) is 11.6 Å². The van der Waals surface area contributed by atoms with Gasteiger partial charge in [-0.15, -0.1) is 0 Å². The number of benzene rings is 1. The first kappa shape index (κ1) is 12.8. The molecule has 0 spiro atoms.